The van der Waals surface area contributed by atoms with E-state index in [-0.39, 0.29) is 0 Å². The van der Waals surface area contributed by atoms with E-state index in [1.807, 2.05) is 0 Å². The van der Waals surface area contributed by atoms with Gasteiger partial charge < -0.3 is 10.2 Å². The minimum atomic E-state index is -1.52. The van der Waals surface area contributed by atoms with Crippen molar-refractivity contribution in [3.05, 3.63) is 32.8 Å². The standard InChI is InChI=1S/C7H4ClNO5/c8-6-3(9(13)14)1-2-4(10)5(6)7(11)12/h1-2,10H,(H,11,12). The number of hydrogen-bond acceptors (Lipinski definition) is 4. The molecule has 0 amide bonds. The van der Waals surface area contributed by atoms with Crippen LogP contribution in [0.3, 0.4) is 0 Å². The molecule has 0 unspecified atom stereocenters. The van der Waals surface area contributed by atoms with Crippen LogP contribution in [0.25, 0.3) is 0 Å². The number of aromatic hydroxyl groups is 1. The summed E-state index contributed by atoms with van der Waals surface area (Å²) in [5, 5.41) is 27.4. The molecule has 0 aliphatic rings. The minimum Gasteiger partial charge on any atom is -0.507 e. The van der Waals surface area contributed by atoms with E-state index in [2.05, 4.69) is 0 Å². The molecule has 74 valence electrons. The number of benzene rings is 1. The fourth-order valence-electron chi connectivity index (χ4n) is 0.899. The lowest BCUT2D eigenvalue weighted by atomic mass is 10.2. The van der Waals surface area contributed by atoms with E-state index in [1.54, 1.807) is 0 Å². The number of halogens is 1. The SMILES string of the molecule is O=C(O)c1c(O)ccc([N+](=O)[O-])c1Cl. The van der Waals surface area contributed by atoms with Crippen LogP contribution in [0.5, 0.6) is 5.75 Å². The first-order chi connectivity index (χ1) is 6.45. The van der Waals surface area contributed by atoms with Gasteiger partial charge in [0.2, 0.25) is 0 Å². The summed E-state index contributed by atoms with van der Waals surface area (Å²) in [7, 11) is 0. The number of carboxylic acids is 1. The van der Waals surface area contributed by atoms with Gasteiger partial charge in [-0.1, -0.05) is 11.6 Å². The third kappa shape index (κ3) is 1.60. The van der Waals surface area contributed by atoms with E-state index in [0.717, 1.165) is 12.1 Å². The van der Waals surface area contributed by atoms with Crippen LogP contribution in [0.4, 0.5) is 5.69 Å². The molecule has 0 saturated carbocycles. The van der Waals surface area contributed by atoms with Crippen LogP contribution in [0.2, 0.25) is 5.02 Å². The second-order valence-electron chi connectivity index (χ2n) is 2.36. The molecule has 0 aromatic heterocycles. The molecule has 14 heavy (non-hydrogen) atoms. The highest BCUT2D eigenvalue weighted by atomic mass is 35.5. The number of carboxylic acid groups (broad SMARTS) is 1. The number of nitro benzene ring substituents is 1. The van der Waals surface area contributed by atoms with Crippen molar-refractivity contribution in [2.75, 3.05) is 0 Å². The lowest BCUT2D eigenvalue weighted by Gasteiger charge is -2.01. The zero-order chi connectivity index (χ0) is 10.9. The fraction of sp³-hybridized carbons (Fsp3) is 0. The van der Waals surface area contributed by atoms with Crippen molar-refractivity contribution >= 4 is 23.3 Å². The normalized spacial score (nSPS) is 9.79. The number of hydrogen-bond donors (Lipinski definition) is 2. The molecule has 0 aliphatic heterocycles. The van der Waals surface area contributed by atoms with E-state index in [9.17, 15) is 14.9 Å². The second-order valence-corrected chi connectivity index (χ2v) is 2.73. The lowest BCUT2D eigenvalue weighted by Crippen LogP contribution is -2.00. The van der Waals surface area contributed by atoms with Crippen LogP contribution in [0.1, 0.15) is 10.4 Å². The van der Waals surface area contributed by atoms with Crippen LogP contribution in [0, 0.1) is 10.1 Å². The molecule has 0 fully saturated rings. The van der Waals surface area contributed by atoms with Crippen LogP contribution >= 0.6 is 11.6 Å². The maximum Gasteiger partial charge on any atom is 0.341 e. The Labute approximate surface area is 82.5 Å². The highest BCUT2D eigenvalue weighted by Crippen LogP contribution is 2.33. The van der Waals surface area contributed by atoms with Gasteiger partial charge >= 0.3 is 5.97 Å². The number of carbonyl (C=O) groups is 1. The average molecular weight is 218 g/mol. The van der Waals surface area contributed by atoms with Gasteiger partial charge in [-0.3, -0.25) is 10.1 Å². The largest absolute Gasteiger partial charge is 0.507 e. The number of nitro groups is 1. The van der Waals surface area contributed by atoms with Crippen molar-refractivity contribution in [1.29, 1.82) is 0 Å². The Morgan fingerprint density at radius 2 is 2.07 bits per heavy atom. The Hall–Kier alpha value is -1.82. The highest BCUT2D eigenvalue weighted by molar-refractivity contribution is 6.35. The summed E-state index contributed by atoms with van der Waals surface area (Å²) in [6.07, 6.45) is 0. The smallest absolute Gasteiger partial charge is 0.341 e. The molecule has 0 bridgehead atoms. The summed E-state index contributed by atoms with van der Waals surface area (Å²) in [6.45, 7) is 0. The third-order valence-corrected chi connectivity index (χ3v) is 1.89. The summed E-state index contributed by atoms with van der Waals surface area (Å²) < 4.78 is 0. The Bertz CT molecular complexity index is 417. The summed E-state index contributed by atoms with van der Waals surface area (Å²) in [4.78, 5) is 20.1. The van der Waals surface area contributed by atoms with Gasteiger partial charge in [0.25, 0.3) is 5.69 Å². The molecular weight excluding hydrogens is 214 g/mol. The molecule has 1 aromatic carbocycles. The first kappa shape index (κ1) is 10.3. The van der Waals surface area contributed by atoms with Crippen molar-refractivity contribution in [3.8, 4) is 5.75 Å². The van der Waals surface area contributed by atoms with Gasteiger partial charge in [0.15, 0.2) is 0 Å². The molecule has 0 aliphatic carbocycles. The van der Waals surface area contributed by atoms with Crippen molar-refractivity contribution in [1.82, 2.24) is 0 Å². The maximum atomic E-state index is 10.6. The molecule has 6 nitrogen and oxygen atoms in total. The molecule has 0 spiro atoms. The molecule has 1 rings (SSSR count). The van der Waals surface area contributed by atoms with E-state index in [0.29, 0.717) is 0 Å². The molecule has 7 heteroatoms. The monoisotopic (exact) mass is 217 g/mol. The average Bonchev–Trinajstić information content (AvgIpc) is 2.02. The molecule has 2 N–H and O–H groups in total. The Kier molecular flexibility index (Phi) is 2.57. The zero-order valence-electron chi connectivity index (χ0n) is 6.60. The summed E-state index contributed by atoms with van der Waals surface area (Å²) in [5.74, 6) is -2.12. The van der Waals surface area contributed by atoms with E-state index in [1.165, 1.54) is 0 Å². The van der Waals surface area contributed by atoms with Crippen molar-refractivity contribution in [3.63, 3.8) is 0 Å². The maximum absolute atomic E-state index is 10.6. The van der Waals surface area contributed by atoms with Crippen LogP contribution in [0.15, 0.2) is 12.1 Å². The van der Waals surface area contributed by atoms with Gasteiger partial charge in [-0.2, -0.15) is 0 Å². The number of phenols is 1. The van der Waals surface area contributed by atoms with Gasteiger partial charge in [0.1, 0.15) is 16.3 Å². The van der Waals surface area contributed by atoms with Gasteiger partial charge in [-0.05, 0) is 6.07 Å². The molecule has 0 radical (unpaired) electrons. The van der Waals surface area contributed by atoms with Gasteiger partial charge in [0.05, 0.1) is 4.92 Å². The number of nitrogens with zero attached hydrogens (tertiary/aromatic N) is 1. The lowest BCUT2D eigenvalue weighted by molar-refractivity contribution is -0.384. The second kappa shape index (κ2) is 3.51. The molecule has 0 saturated heterocycles. The van der Waals surface area contributed by atoms with E-state index < -0.39 is 32.9 Å². The summed E-state index contributed by atoms with van der Waals surface area (Å²) in [6, 6.07) is 1.84. The predicted molar refractivity (Wildman–Crippen MR) is 46.7 cm³/mol. The molecule has 1 aromatic rings. The number of rotatable bonds is 2. The van der Waals surface area contributed by atoms with Crippen molar-refractivity contribution < 1.29 is 19.9 Å². The van der Waals surface area contributed by atoms with Gasteiger partial charge in [-0.15, -0.1) is 0 Å². The van der Waals surface area contributed by atoms with Crippen LogP contribution < -0.4 is 0 Å². The predicted octanol–water partition coefficient (Wildman–Crippen LogP) is 1.65. The van der Waals surface area contributed by atoms with Gasteiger partial charge in [0, 0.05) is 6.07 Å². The molecule has 0 atom stereocenters. The minimum absolute atomic E-state index is 0.554. The van der Waals surface area contributed by atoms with E-state index >= 15 is 0 Å². The Morgan fingerprint density at radius 1 is 1.50 bits per heavy atom. The van der Waals surface area contributed by atoms with Crippen LogP contribution in [-0.2, 0) is 0 Å². The molecule has 0 heterocycles. The first-order valence-electron chi connectivity index (χ1n) is 3.34. The third-order valence-electron chi connectivity index (χ3n) is 1.51. The Morgan fingerprint density at radius 3 is 2.50 bits per heavy atom. The zero-order valence-corrected chi connectivity index (χ0v) is 7.35. The first-order valence-corrected chi connectivity index (χ1v) is 3.72. The van der Waals surface area contributed by atoms with Gasteiger partial charge in [-0.25, -0.2) is 4.79 Å². The quantitative estimate of drug-likeness (QED) is 0.579. The topological polar surface area (TPSA) is 101 Å². The van der Waals surface area contributed by atoms with Crippen molar-refractivity contribution in [2.24, 2.45) is 0 Å². The summed E-state index contributed by atoms with van der Waals surface area (Å²) >= 11 is 5.42. The fourth-order valence-corrected chi connectivity index (χ4v) is 1.21. The summed E-state index contributed by atoms with van der Waals surface area (Å²) in [5.41, 5.74) is -1.22. The highest BCUT2D eigenvalue weighted by Gasteiger charge is 2.23. The Balaban J connectivity index is 3.49. The van der Waals surface area contributed by atoms with Crippen LogP contribution in [-0.4, -0.2) is 21.1 Å². The molecular formula is C7H4ClNO5. The van der Waals surface area contributed by atoms with Crippen molar-refractivity contribution in [2.45, 2.75) is 0 Å². The van der Waals surface area contributed by atoms with E-state index in [4.69, 9.17) is 21.8 Å². The number of aromatic carboxylic acids is 1.